The van der Waals surface area contributed by atoms with Crippen LogP contribution in [0.25, 0.3) is 0 Å². The first-order valence-corrected chi connectivity index (χ1v) is 6.22. The summed E-state index contributed by atoms with van der Waals surface area (Å²) in [4.78, 5) is 0. The number of hydrogen-bond donors (Lipinski definition) is 1. The van der Waals surface area contributed by atoms with Crippen LogP contribution in [0.4, 0.5) is 17.6 Å². The van der Waals surface area contributed by atoms with Crippen molar-refractivity contribution >= 4 is 11.6 Å². The molecule has 0 radical (unpaired) electrons. The molecule has 2 aromatic rings. The fourth-order valence-electron chi connectivity index (χ4n) is 1.74. The van der Waals surface area contributed by atoms with E-state index in [1.807, 2.05) is 0 Å². The summed E-state index contributed by atoms with van der Waals surface area (Å²) in [6, 6.07) is 7.00. The van der Waals surface area contributed by atoms with Gasteiger partial charge in [0, 0.05) is 12.6 Å². The fraction of sp³-hybridized carbons (Fsp3) is 0.143. The normalized spacial score (nSPS) is 11.5. The zero-order valence-electron chi connectivity index (χ0n) is 10.5. The van der Waals surface area contributed by atoms with Gasteiger partial charge in [0.2, 0.25) is 0 Å². The van der Waals surface area contributed by atoms with Gasteiger partial charge in [0.25, 0.3) is 0 Å². The smallest absolute Gasteiger partial charge is 0.416 e. The monoisotopic (exact) mass is 319 g/mol. The van der Waals surface area contributed by atoms with Crippen molar-refractivity contribution in [1.29, 1.82) is 0 Å². The van der Waals surface area contributed by atoms with Crippen LogP contribution in [0.3, 0.4) is 0 Å². The van der Waals surface area contributed by atoms with Crippen LogP contribution in [0.2, 0.25) is 5.02 Å². The van der Waals surface area contributed by atoms with E-state index >= 15 is 0 Å². The first-order chi connectivity index (χ1) is 9.81. The van der Waals surface area contributed by atoms with E-state index in [9.17, 15) is 17.6 Å². The van der Waals surface area contributed by atoms with Crippen LogP contribution >= 0.6 is 11.6 Å². The third-order valence-electron chi connectivity index (χ3n) is 2.73. The standard InChI is InChI=1S/C14H10ClF4NO/c15-12-4-3-10(6-13(12)16)21-9-2-1-8(7-20)11(5-9)14(17,18)19/h1-6H,7,20H2. The molecule has 0 saturated carbocycles. The van der Waals surface area contributed by atoms with Gasteiger partial charge in [-0.3, -0.25) is 0 Å². The molecule has 2 rings (SSSR count). The Kier molecular flexibility index (Phi) is 4.39. The maximum Gasteiger partial charge on any atom is 0.416 e. The second kappa shape index (κ2) is 5.91. The summed E-state index contributed by atoms with van der Waals surface area (Å²) in [5, 5.41) is -0.100. The predicted octanol–water partition coefficient (Wildman–Crippen LogP) is 4.75. The fourth-order valence-corrected chi connectivity index (χ4v) is 1.85. The molecule has 21 heavy (non-hydrogen) atoms. The molecule has 0 unspecified atom stereocenters. The minimum absolute atomic E-state index is 0.0443. The summed E-state index contributed by atoms with van der Waals surface area (Å²) in [5.41, 5.74) is 4.36. The Morgan fingerprint density at radius 3 is 2.24 bits per heavy atom. The molecule has 0 aliphatic rings. The van der Waals surface area contributed by atoms with Gasteiger partial charge in [-0.1, -0.05) is 17.7 Å². The zero-order chi connectivity index (χ0) is 15.6. The average Bonchev–Trinajstić information content (AvgIpc) is 2.42. The van der Waals surface area contributed by atoms with Gasteiger partial charge in [0.05, 0.1) is 10.6 Å². The predicted molar refractivity (Wildman–Crippen MR) is 70.8 cm³/mol. The first kappa shape index (κ1) is 15.6. The van der Waals surface area contributed by atoms with Crippen LogP contribution in [0, 0.1) is 5.82 Å². The summed E-state index contributed by atoms with van der Waals surface area (Å²) in [6.07, 6.45) is -4.54. The molecule has 7 heteroatoms. The van der Waals surface area contributed by atoms with Crippen molar-refractivity contribution in [3.8, 4) is 11.5 Å². The molecule has 2 N–H and O–H groups in total. The highest BCUT2D eigenvalue weighted by Gasteiger charge is 2.33. The highest BCUT2D eigenvalue weighted by atomic mass is 35.5. The van der Waals surface area contributed by atoms with Crippen molar-refractivity contribution in [2.75, 3.05) is 0 Å². The summed E-state index contributed by atoms with van der Waals surface area (Å²) in [6.45, 7) is -0.245. The lowest BCUT2D eigenvalue weighted by atomic mass is 10.1. The summed E-state index contributed by atoms with van der Waals surface area (Å²) >= 11 is 5.52. The average molecular weight is 320 g/mol. The molecule has 0 atom stereocenters. The second-order valence-corrected chi connectivity index (χ2v) is 4.61. The number of hydrogen-bond acceptors (Lipinski definition) is 2. The van der Waals surface area contributed by atoms with E-state index in [1.165, 1.54) is 24.3 Å². The Morgan fingerprint density at radius 2 is 1.67 bits per heavy atom. The topological polar surface area (TPSA) is 35.2 Å². The lowest BCUT2D eigenvalue weighted by Crippen LogP contribution is -2.12. The minimum Gasteiger partial charge on any atom is -0.457 e. The highest BCUT2D eigenvalue weighted by Crippen LogP contribution is 2.35. The zero-order valence-corrected chi connectivity index (χ0v) is 11.3. The van der Waals surface area contributed by atoms with Crippen LogP contribution in [0.1, 0.15) is 11.1 Å². The molecule has 2 aromatic carbocycles. The Bertz CT molecular complexity index is 658. The largest absolute Gasteiger partial charge is 0.457 e. The van der Waals surface area contributed by atoms with Crippen molar-refractivity contribution < 1.29 is 22.3 Å². The SMILES string of the molecule is NCc1ccc(Oc2ccc(Cl)c(F)c2)cc1C(F)(F)F. The highest BCUT2D eigenvalue weighted by molar-refractivity contribution is 6.30. The summed E-state index contributed by atoms with van der Waals surface area (Å²) < 4.78 is 57.1. The summed E-state index contributed by atoms with van der Waals surface area (Å²) in [5.74, 6) is -0.740. The number of halogens is 5. The molecule has 2 nitrogen and oxygen atoms in total. The second-order valence-electron chi connectivity index (χ2n) is 4.20. The van der Waals surface area contributed by atoms with Crippen molar-refractivity contribution in [2.45, 2.75) is 12.7 Å². The van der Waals surface area contributed by atoms with Gasteiger partial charge in [-0.25, -0.2) is 4.39 Å². The Balaban J connectivity index is 2.34. The van der Waals surface area contributed by atoms with E-state index in [0.717, 1.165) is 12.1 Å². The van der Waals surface area contributed by atoms with Gasteiger partial charge in [-0.15, -0.1) is 0 Å². The molecule has 0 fully saturated rings. The van der Waals surface area contributed by atoms with Crippen LogP contribution in [-0.4, -0.2) is 0 Å². The lowest BCUT2D eigenvalue weighted by Gasteiger charge is -2.14. The van der Waals surface area contributed by atoms with E-state index in [2.05, 4.69) is 0 Å². The van der Waals surface area contributed by atoms with Crippen molar-refractivity contribution in [3.05, 3.63) is 58.4 Å². The number of alkyl halides is 3. The van der Waals surface area contributed by atoms with Crippen molar-refractivity contribution in [2.24, 2.45) is 5.73 Å². The molecular weight excluding hydrogens is 310 g/mol. The number of rotatable bonds is 3. The molecule has 0 aromatic heterocycles. The van der Waals surface area contributed by atoms with Gasteiger partial charge >= 0.3 is 6.18 Å². The number of nitrogens with two attached hydrogens (primary N) is 1. The van der Waals surface area contributed by atoms with Gasteiger partial charge in [-0.05, 0) is 29.8 Å². The number of benzene rings is 2. The Morgan fingerprint density at radius 1 is 1.05 bits per heavy atom. The molecule has 0 aliphatic carbocycles. The number of ether oxygens (including phenoxy) is 1. The van der Waals surface area contributed by atoms with Crippen LogP contribution in [0.5, 0.6) is 11.5 Å². The van der Waals surface area contributed by atoms with Gasteiger partial charge in [-0.2, -0.15) is 13.2 Å². The van der Waals surface area contributed by atoms with Gasteiger partial charge in [0.15, 0.2) is 0 Å². The van der Waals surface area contributed by atoms with Crippen LogP contribution < -0.4 is 10.5 Å². The first-order valence-electron chi connectivity index (χ1n) is 5.84. The lowest BCUT2D eigenvalue weighted by molar-refractivity contribution is -0.138. The third-order valence-corrected chi connectivity index (χ3v) is 3.04. The Labute approximate surface area is 123 Å². The van der Waals surface area contributed by atoms with E-state index in [-0.39, 0.29) is 28.6 Å². The maximum absolute atomic E-state index is 13.3. The van der Waals surface area contributed by atoms with Crippen LogP contribution in [0.15, 0.2) is 36.4 Å². The molecule has 0 spiro atoms. The molecule has 112 valence electrons. The summed E-state index contributed by atoms with van der Waals surface area (Å²) in [7, 11) is 0. The molecular formula is C14H10ClF4NO. The molecule has 0 aliphatic heterocycles. The third kappa shape index (κ3) is 3.65. The quantitative estimate of drug-likeness (QED) is 0.829. The Hall–Kier alpha value is -1.79. The van der Waals surface area contributed by atoms with Crippen molar-refractivity contribution in [3.63, 3.8) is 0 Å². The molecule has 0 saturated heterocycles. The van der Waals surface area contributed by atoms with Crippen LogP contribution in [-0.2, 0) is 12.7 Å². The molecule has 0 bridgehead atoms. The van der Waals surface area contributed by atoms with Crippen molar-refractivity contribution in [1.82, 2.24) is 0 Å². The van der Waals surface area contributed by atoms with E-state index < -0.39 is 17.6 Å². The van der Waals surface area contributed by atoms with Gasteiger partial charge in [0.1, 0.15) is 17.3 Å². The minimum atomic E-state index is -4.54. The molecule has 0 amide bonds. The van der Waals surface area contributed by atoms with E-state index in [1.54, 1.807) is 0 Å². The molecule has 0 heterocycles. The van der Waals surface area contributed by atoms with E-state index in [0.29, 0.717) is 0 Å². The van der Waals surface area contributed by atoms with Gasteiger partial charge < -0.3 is 10.5 Å². The van der Waals surface area contributed by atoms with E-state index in [4.69, 9.17) is 22.1 Å². The maximum atomic E-state index is 13.3.